The number of anilines is 1. The molecule has 0 aliphatic carbocycles. The van der Waals surface area contributed by atoms with E-state index in [9.17, 15) is 10.1 Å². The van der Waals surface area contributed by atoms with E-state index in [0.29, 0.717) is 0 Å². The maximum atomic E-state index is 12.5. The first kappa shape index (κ1) is 17.1. The Morgan fingerprint density at radius 3 is 2.61 bits per heavy atom. The number of nitrogens with zero attached hydrogens (tertiary/aromatic N) is 2. The van der Waals surface area contributed by atoms with Crippen LogP contribution in [0.5, 0.6) is 0 Å². The zero-order valence-corrected chi connectivity index (χ0v) is 14.1. The molecule has 1 aromatic carbocycles. The Labute approximate surface area is 138 Å². The molecule has 1 N–H and O–H groups in total. The number of benzene rings is 1. The summed E-state index contributed by atoms with van der Waals surface area (Å²) in [4.78, 5) is 14.6. The highest BCUT2D eigenvalue weighted by Gasteiger charge is 2.15. The van der Waals surface area contributed by atoms with Crippen LogP contribution in [0.25, 0.3) is 0 Å². The van der Waals surface area contributed by atoms with Crippen molar-refractivity contribution in [3.63, 3.8) is 0 Å². The molecule has 0 atom stereocenters. The average molecular weight is 311 g/mol. The molecule has 2 rings (SSSR count). The molecular formula is C19H25N3O. The minimum absolute atomic E-state index is 0.178. The van der Waals surface area contributed by atoms with E-state index in [0.717, 1.165) is 49.2 Å². The minimum Gasteiger partial charge on any atom is -0.376 e. The van der Waals surface area contributed by atoms with Gasteiger partial charge in [0, 0.05) is 25.0 Å². The Bertz CT molecular complexity index is 620. The van der Waals surface area contributed by atoms with Gasteiger partial charge in [-0.1, -0.05) is 38.0 Å². The number of nitriles is 1. The van der Waals surface area contributed by atoms with E-state index in [-0.39, 0.29) is 11.5 Å². The SMILES string of the molecule is CCc1cccc(C)c1NC(=O)/C(C#N)=C\N1CCCCCC1. The topological polar surface area (TPSA) is 56.1 Å². The first-order valence-corrected chi connectivity index (χ1v) is 8.41. The quantitative estimate of drug-likeness (QED) is 0.680. The number of amides is 1. The molecule has 23 heavy (non-hydrogen) atoms. The molecule has 1 saturated heterocycles. The lowest BCUT2D eigenvalue weighted by Gasteiger charge is -2.18. The van der Waals surface area contributed by atoms with Crippen LogP contribution < -0.4 is 5.32 Å². The van der Waals surface area contributed by atoms with Crippen molar-refractivity contribution in [2.45, 2.75) is 46.0 Å². The van der Waals surface area contributed by atoms with Crippen LogP contribution in [0.1, 0.15) is 43.7 Å². The molecule has 0 bridgehead atoms. The summed E-state index contributed by atoms with van der Waals surface area (Å²) in [5, 5.41) is 12.3. The van der Waals surface area contributed by atoms with E-state index in [4.69, 9.17) is 0 Å². The summed E-state index contributed by atoms with van der Waals surface area (Å²) < 4.78 is 0. The zero-order valence-electron chi connectivity index (χ0n) is 14.1. The van der Waals surface area contributed by atoms with Gasteiger partial charge >= 0.3 is 0 Å². The van der Waals surface area contributed by atoms with Gasteiger partial charge in [-0.05, 0) is 37.3 Å². The number of hydrogen-bond acceptors (Lipinski definition) is 3. The molecule has 122 valence electrons. The number of carbonyl (C=O) groups is 1. The number of aryl methyl sites for hydroxylation is 2. The van der Waals surface area contributed by atoms with Gasteiger partial charge in [0.15, 0.2) is 0 Å². The summed E-state index contributed by atoms with van der Waals surface area (Å²) >= 11 is 0. The first-order valence-electron chi connectivity index (χ1n) is 8.41. The van der Waals surface area contributed by atoms with Crippen molar-refractivity contribution >= 4 is 11.6 Å². The predicted molar refractivity (Wildman–Crippen MR) is 92.9 cm³/mol. The first-order chi connectivity index (χ1) is 11.2. The van der Waals surface area contributed by atoms with Crippen molar-refractivity contribution in [2.75, 3.05) is 18.4 Å². The molecule has 1 aromatic rings. The Hall–Kier alpha value is -2.28. The van der Waals surface area contributed by atoms with Crippen LogP contribution >= 0.6 is 0 Å². The molecule has 1 heterocycles. The standard InChI is InChI=1S/C19H25N3O/c1-3-16-10-8-9-15(2)18(16)21-19(23)17(13-20)14-22-11-6-4-5-7-12-22/h8-10,14H,3-7,11-12H2,1-2H3,(H,21,23)/b17-14-. The highest BCUT2D eigenvalue weighted by atomic mass is 16.1. The molecule has 0 saturated carbocycles. The van der Waals surface area contributed by atoms with Gasteiger partial charge in [0.05, 0.1) is 0 Å². The highest BCUT2D eigenvalue weighted by Crippen LogP contribution is 2.22. The Morgan fingerprint density at radius 1 is 1.30 bits per heavy atom. The summed E-state index contributed by atoms with van der Waals surface area (Å²) in [6.07, 6.45) is 7.26. The molecule has 1 aliphatic rings. The van der Waals surface area contributed by atoms with Crippen LogP contribution in [0.2, 0.25) is 0 Å². The second kappa shape index (κ2) is 8.38. The summed E-state index contributed by atoms with van der Waals surface area (Å²) in [5.74, 6) is -0.319. The van der Waals surface area contributed by atoms with E-state index < -0.39 is 0 Å². The van der Waals surface area contributed by atoms with Crippen LogP contribution in [0, 0.1) is 18.3 Å². The van der Waals surface area contributed by atoms with Gasteiger partial charge in [0.1, 0.15) is 11.6 Å². The third-order valence-corrected chi connectivity index (χ3v) is 4.30. The molecule has 0 spiro atoms. The van der Waals surface area contributed by atoms with Gasteiger partial charge < -0.3 is 10.2 Å². The second-order valence-corrected chi connectivity index (χ2v) is 6.02. The van der Waals surface area contributed by atoms with Gasteiger partial charge in [-0.2, -0.15) is 5.26 Å². The lowest BCUT2D eigenvalue weighted by Crippen LogP contribution is -2.22. The van der Waals surface area contributed by atoms with Gasteiger partial charge in [0.25, 0.3) is 5.91 Å². The zero-order chi connectivity index (χ0) is 16.7. The van der Waals surface area contributed by atoms with Crippen molar-refractivity contribution in [3.05, 3.63) is 41.1 Å². The normalized spacial score (nSPS) is 15.7. The van der Waals surface area contributed by atoms with Crippen molar-refractivity contribution in [1.29, 1.82) is 5.26 Å². The summed E-state index contributed by atoms with van der Waals surface area (Å²) in [5.41, 5.74) is 3.12. The smallest absolute Gasteiger partial charge is 0.267 e. The molecule has 4 nitrogen and oxygen atoms in total. The number of likely N-dealkylation sites (tertiary alicyclic amines) is 1. The van der Waals surface area contributed by atoms with E-state index in [2.05, 4.69) is 23.2 Å². The predicted octanol–water partition coefficient (Wildman–Crippen LogP) is 3.78. The number of hydrogen-bond donors (Lipinski definition) is 1. The number of carbonyl (C=O) groups excluding carboxylic acids is 1. The lowest BCUT2D eigenvalue weighted by molar-refractivity contribution is -0.112. The molecule has 0 unspecified atom stereocenters. The highest BCUT2D eigenvalue weighted by molar-refractivity contribution is 6.07. The molecule has 4 heteroatoms. The number of rotatable bonds is 4. The van der Waals surface area contributed by atoms with Crippen molar-refractivity contribution in [1.82, 2.24) is 4.90 Å². The van der Waals surface area contributed by atoms with Crippen LogP contribution in [-0.4, -0.2) is 23.9 Å². The van der Waals surface area contributed by atoms with Gasteiger partial charge in [0.2, 0.25) is 0 Å². The Balaban J connectivity index is 2.16. The monoisotopic (exact) mass is 311 g/mol. The maximum Gasteiger partial charge on any atom is 0.267 e. The van der Waals surface area contributed by atoms with E-state index in [1.54, 1.807) is 6.20 Å². The van der Waals surface area contributed by atoms with Crippen molar-refractivity contribution < 1.29 is 4.79 Å². The van der Waals surface area contributed by atoms with Gasteiger partial charge in [-0.15, -0.1) is 0 Å². The second-order valence-electron chi connectivity index (χ2n) is 6.02. The Morgan fingerprint density at radius 2 is 2.00 bits per heavy atom. The number of nitrogens with one attached hydrogen (secondary N) is 1. The van der Waals surface area contributed by atoms with Crippen LogP contribution in [0.4, 0.5) is 5.69 Å². The van der Waals surface area contributed by atoms with Gasteiger partial charge in [-0.25, -0.2) is 0 Å². The molecular weight excluding hydrogens is 286 g/mol. The van der Waals surface area contributed by atoms with E-state index in [1.165, 1.54) is 12.8 Å². The molecule has 0 aromatic heterocycles. The van der Waals surface area contributed by atoms with Crippen LogP contribution in [0.3, 0.4) is 0 Å². The fourth-order valence-electron chi connectivity index (χ4n) is 2.93. The maximum absolute atomic E-state index is 12.5. The fourth-order valence-corrected chi connectivity index (χ4v) is 2.93. The van der Waals surface area contributed by atoms with Crippen molar-refractivity contribution in [2.24, 2.45) is 0 Å². The molecule has 1 aliphatic heterocycles. The summed E-state index contributed by atoms with van der Waals surface area (Å²) in [6, 6.07) is 8.02. The van der Waals surface area contributed by atoms with E-state index >= 15 is 0 Å². The van der Waals surface area contributed by atoms with E-state index in [1.807, 2.05) is 25.1 Å². The molecule has 1 amide bonds. The van der Waals surface area contributed by atoms with Crippen LogP contribution in [0.15, 0.2) is 30.0 Å². The Kier molecular flexibility index (Phi) is 6.22. The average Bonchev–Trinajstić information content (AvgIpc) is 2.82. The van der Waals surface area contributed by atoms with Gasteiger partial charge in [-0.3, -0.25) is 4.79 Å². The minimum atomic E-state index is -0.319. The molecule has 0 radical (unpaired) electrons. The van der Waals surface area contributed by atoms with Crippen LogP contribution in [-0.2, 0) is 11.2 Å². The summed E-state index contributed by atoms with van der Waals surface area (Å²) in [6.45, 7) is 5.87. The lowest BCUT2D eigenvalue weighted by atomic mass is 10.1. The fraction of sp³-hybridized carbons (Fsp3) is 0.474. The van der Waals surface area contributed by atoms with Crippen molar-refractivity contribution in [3.8, 4) is 6.07 Å². The largest absolute Gasteiger partial charge is 0.376 e. The third-order valence-electron chi connectivity index (χ3n) is 4.30. The third kappa shape index (κ3) is 4.59. The summed E-state index contributed by atoms with van der Waals surface area (Å²) in [7, 11) is 0. The molecule has 1 fully saturated rings. The number of para-hydroxylation sites is 1.